The molecule has 1 rings (SSSR count). The van der Waals surface area contributed by atoms with Crippen molar-refractivity contribution in [3.63, 3.8) is 0 Å². The van der Waals surface area contributed by atoms with E-state index in [1.165, 1.54) is 0 Å². The molecule has 0 bridgehead atoms. The van der Waals surface area contributed by atoms with Crippen LogP contribution < -0.4 is 0 Å². The van der Waals surface area contributed by atoms with Crippen LogP contribution in [0.5, 0.6) is 0 Å². The minimum absolute atomic E-state index is 0.0123. The molecule has 1 N–H and O–H groups in total. The highest BCUT2D eigenvalue weighted by atomic mass is 32.1. The van der Waals surface area contributed by atoms with Crippen molar-refractivity contribution in [2.75, 3.05) is 6.54 Å². The fourth-order valence-electron chi connectivity index (χ4n) is 2.52. The van der Waals surface area contributed by atoms with Crippen molar-refractivity contribution in [3.8, 4) is 0 Å². The summed E-state index contributed by atoms with van der Waals surface area (Å²) in [7, 11) is 0. The first-order valence-corrected chi connectivity index (χ1v) is 8.05. The van der Waals surface area contributed by atoms with E-state index in [0.717, 1.165) is 19.3 Å². The Bertz CT molecular complexity index is 344. The van der Waals surface area contributed by atoms with E-state index in [4.69, 9.17) is 0 Å². The summed E-state index contributed by atoms with van der Waals surface area (Å²) in [6.07, 6.45) is 3.04. The third kappa shape index (κ3) is 4.77. The van der Waals surface area contributed by atoms with Crippen LogP contribution in [0.4, 0.5) is 0 Å². The summed E-state index contributed by atoms with van der Waals surface area (Å²) in [5.74, 6) is 0.245. The van der Waals surface area contributed by atoms with Gasteiger partial charge in [0.05, 0.1) is 5.92 Å². The van der Waals surface area contributed by atoms with Crippen molar-refractivity contribution in [2.45, 2.75) is 64.4 Å². The second kappa shape index (κ2) is 8.03. The maximum Gasteiger partial charge on any atom is 0.228 e. The lowest BCUT2D eigenvalue weighted by Crippen LogP contribution is -2.35. The number of nitrogens with zero attached hydrogens (tertiary/aromatic N) is 1. The summed E-state index contributed by atoms with van der Waals surface area (Å²) in [6.45, 7) is 6.30. The maximum absolute atomic E-state index is 12.1. The monoisotopic (exact) mass is 301 g/mol. The minimum atomic E-state index is -0.667. The molecule has 0 aromatic rings. The molecule has 0 aliphatic carbocycles. The smallest absolute Gasteiger partial charge is 0.228 e. The number of ketones is 1. The van der Waals surface area contributed by atoms with E-state index in [2.05, 4.69) is 12.6 Å². The second-order valence-corrected chi connectivity index (χ2v) is 6.84. The van der Waals surface area contributed by atoms with E-state index in [1.54, 1.807) is 4.90 Å². The minimum Gasteiger partial charge on any atom is -0.373 e. The first kappa shape index (κ1) is 17.5. The van der Waals surface area contributed by atoms with Crippen LogP contribution in [0.3, 0.4) is 0 Å². The zero-order chi connectivity index (χ0) is 15.3. The molecule has 3 unspecified atom stereocenters. The van der Waals surface area contributed by atoms with Crippen molar-refractivity contribution in [1.29, 1.82) is 0 Å². The number of unbranched alkanes of at least 4 members (excludes halogenated alkanes) is 2. The van der Waals surface area contributed by atoms with E-state index in [1.807, 2.05) is 20.8 Å². The van der Waals surface area contributed by atoms with Crippen molar-refractivity contribution in [3.05, 3.63) is 0 Å². The highest BCUT2D eigenvalue weighted by Gasteiger charge is 2.39. The van der Waals surface area contributed by atoms with Crippen LogP contribution >= 0.6 is 12.6 Å². The van der Waals surface area contributed by atoms with E-state index in [-0.39, 0.29) is 23.0 Å². The topological polar surface area (TPSA) is 57.6 Å². The zero-order valence-electron chi connectivity index (χ0n) is 12.7. The average molecular weight is 301 g/mol. The molecule has 116 valence electrons. The number of hydrogen-bond donors (Lipinski definition) is 2. The van der Waals surface area contributed by atoms with Gasteiger partial charge in [-0.15, -0.1) is 0 Å². The Labute approximate surface area is 127 Å². The van der Waals surface area contributed by atoms with E-state index < -0.39 is 6.23 Å². The number of aliphatic hydroxyl groups excluding tert-OH is 1. The van der Waals surface area contributed by atoms with Gasteiger partial charge >= 0.3 is 0 Å². The van der Waals surface area contributed by atoms with Crippen LogP contribution in [-0.4, -0.2) is 39.7 Å². The summed E-state index contributed by atoms with van der Waals surface area (Å²) in [5, 5.41) is 9.89. The van der Waals surface area contributed by atoms with Gasteiger partial charge in [0.15, 0.2) is 0 Å². The normalized spacial score (nSPS) is 24.5. The summed E-state index contributed by atoms with van der Waals surface area (Å²) >= 11 is 4.30. The van der Waals surface area contributed by atoms with Crippen LogP contribution in [0.25, 0.3) is 0 Å². The molecular formula is C15H27NO3S. The third-order valence-electron chi connectivity index (χ3n) is 3.97. The molecule has 0 aromatic heterocycles. The van der Waals surface area contributed by atoms with Gasteiger partial charge in [0, 0.05) is 30.6 Å². The number of rotatable bonds is 8. The second-order valence-electron chi connectivity index (χ2n) is 6.03. The zero-order valence-corrected chi connectivity index (χ0v) is 13.6. The molecule has 4 nitrogen and oxygen atoms in total. The van der Waals surface area contributed by atoms with Crippen molar-refractivity contribution in [2.24, 2.45) is 11.8 Å². The number of Topliss-reactive ketones (excluding diaryl/α,β-unsaturated/α-hetero) is 1. The first-order chi connectivity index (χ1) is 9.34. The quantitative estimate of drug-likeness (QED) is 0.534. The van der Waals surface area contributed by atoms with Crippen LogP contribution in [-0.2, 0) is 9.59 Å². The van der Waals surface area contributed by atoms with Gasteiger partial charge in [-0.2, -0.15) is 12.6 Å². The van der Waals surface area contributed by atoms with Gasteiger partial charge in [-0.25, -0.2) is 0 Å². The molecule has 1 saturated heterocycles. The van der Waals surface area contributed by atoms with Gasteiger partial charge in [-0.05, 0) is 12.8 Å². The molecule has 1 aliphatic heterocycles. The molecule has 20 heavy (non-hydrogen) atoms. The molecule has 1 fully saturated rings. The van der Waals surface area contributed by atoms with E-state index >= 15 is 0 Å². The SMILES string of the molecule is CC(C)C(=O)CCCCCN1C(=O)C(C(C)S)CC1O. The molecule has 1 aliphatic rings. The van der Waals surface area contributed by atoms with Crippen LogP contribution in [0.1, 0.15) is 52.9 Å². The highest BCUT2D eigenvalue weighted by molar-refractivity contribution is 7.81. The third-order valence-corrected chi connectivity index (χ3v) is 4.33. The van der Waals surface area contributed by atoms with Crippen LogP contribution in [0.2, 0.25) is 0 Å². The summed E-state index contributed by atoms with van der Waals surface area (Å²) in [5.41, 5.74) is 0. The number of amides is 1. The number of carbonyl (C=O) groups is 2. The Kier molecular flexibility index (Phi) is 7.03. The Morgan fingerprint density at radius 1 is 1.35 bits per heavy atom. The Hall–Kier alpha value is -0.550. The number of aliphatic hydroxyl groups is 1. The largest absolute Gasteiger partial charge is 0.373 e. The lowest BCUT2D eigenvalue weighted by Gasteiger charge is -2.20. The van der Waals surface area contributed by atoms with E-state index in [9.17, 15) is 14.7 Å². The number of carbonyl (C=O) groups excluding carboxylic acids is 2. The highest BCUT2D eigenvalue weighted by Crippen LogP contribution is 2.28. The summed E-state index contributed by atoms with van der Waals surface area (Å²) < 4.78 is 0. The molecule has 5 heteroatoms. The van der Waals surface area contributed by atoms with Crippen LogP contribution in [0.15, 0.2) is 0 Å². The lowest BCUT2D eigenvalue weighted by molar-refractivity contribution is -0.135. The van der Waals surface area contributed by atoms with E-state index in [0.29, 0.717) is 25.2 Å². The van der Waals surface area contributed by atoms with Gasteiger partial charge in [-0.3, -0.25) is 9.59 Å². The lowest BCUT2D eigenvalue weighted by atomic mass is 10.0. The van der Waals surface area contributed by atoms with Gasteiger partial charge in [0.2, 0.25) is 5.91 Å². The summed E-state index contributed by atoms with van der Waals surface area (Å²) in [4.78, 5) is 25.1. The molecule has 0 saturated carbocycles. The molecular weight excluding hydrogens is 274 g/mol. The van der Waals surface area contributed by atoms with Gasteiger partial charge in [0.25, 0.3) is 0 Å². The number of thiol groups is 1. The molecule has 1 amide bonds. The Morgan fingerprint density at radius 3 is 2.50 bits per heavy atom. The maximum atomic E-state index is 12.1. The molecule has 0 aromatic carbocycles. The predicted molar refractivity (Wildman–Crippen MR) is 82.6 cm³/mol. The fraction of sp³-hybridized carbons (Fsp3) is 0.867. The fourth-order valence-corrected chi connectivity index (χ4v) is 2.77. The van der Waals surface area contributed by atoms with Gasteiger partial charge < -0.3 is 10.0 Å². The predicted octanol–water partition coefficient (Wildman–Crippen LogP) is 2.26. The van der Waals surface area contributed by atoms with Gasteiger partial charge in [-0.1, -0.05) is 27.2 Å². The molecule has 0 radical (unpaired) electrons. The standard InChI is InChI=1S/C15H27NO3S/c1-10(2)13(17)7-5-4-6-8-16-14(18)9-12(11(3)20)15(16)19/h10-12,14,18,20H,4-9H2,1-3H3. The van der Waals surface area contributed by atoms with Crippen molar-refractivity contribution >= 4 is 24.3 Å². The van der Waals surface area contributed by atoms with Gasteiger partial charge in [0.1, 0.15) is 12.0 Å². The van der Waals surface area contributed by atoms with Crippen LogP contribution in [0, 0.1) is 11.8 Å². The Balaban J connectivity index is 2.25. The molecule has 3 atom stereocenters. The average Bonchev–Trinajstić information content (AvgIpc) is 2.65. The van der Waals surface area contributed by atoms with Crippen molar-refractivity contribution in [1.82, 2.24) is 4.90 Å². The number of likely N-dealkylation sites (tertiary alicyclic amines) is 1. The summed E-state index contributed by atoms with van der Waals surface area (Å²) in [6, 6.07) is 0. The molecule has 0 spiro atoms. The first-order valence-electron chi connectivity index (χ1n) is 7.54. The molecule has 1 heterocycles. The number of hydrogen-bond acceptors (Lipinski definition) is 4. The Morgan fingerprint density at radius 2 is 2.00 bits per heavy atom. The van der Waals surface area contributed by atoms with Crippen molar-refractivity contribution < 1.29 is 14.7 Å².